The molecule has 0 bridgehead atoms. The van der Waals surface area contributed by atoms with Crippen molar-refractivity contribution in [1.29, 1.82) is 0 Å². The summed E-state index contributed by atoms with van der Waals surface area (Å²) < 4.78 is 2.75. The Kier molecular flexibility index (Phi) is 3.78. The van der Waals surface area contributed by atoms with Gasteiger partial charge >= 0.3 is 0 Å². The van der Waals surface area contributed by atoms with Crippen LogP contribution in [0.1, 0.15) is 17.4 Å². The zero-order chi connectivity index (χ0) is 10.6. The van der Waals surface area contributed by atoms with E-state index < -0.39 is 0 Å². The van der Waals surface area contributed by atoms with Crippen molar-refractivity contribution in [2.24, 2.45) is 0 Å². The van der Waals surface area contributed by atoms with Crippen LogP contribution in [0.5, 0.6) is 0 Å². The Morgan fingerprint density at radius 1 is 1.79 bits per heavy atom. The summed E-state index contributed by atoms with van der Waals surface area (Å²) in [5.74, 6) is 2.22. The fourth-order valence-corrected chi connectivity index (χ4v) is 1.61. The number of amides is 1. The first-order chi connectivity index (χ1) is 6.69. The standard InChI is InChI=1S/C10H11BrN2O/c1-3-5-12-10(14)9-6-8(11)7-13(9)4-2/h1,6-7H,4-5H2,2H3,(H,12,14). The maximum absolute atomic E-state index is 11.5. The van der Waals surface area contributed by atoms with Crippen molar-refractivity contribution in [2.45, 2.75) is 13.5 Å². The molecule has 3 nitrogen and oxygen atoms in total. The molecule has 0 unspecified atom stereocenters. The van der Waals surface area contributed by atoms with Gasteiger partial charge in [0, 0.05) is 17.2 Å². The number of halogens is 1. The van der Waals surface area contributed by atoms with Crippen LogP contribution in [0.25, 0.3) is 0 Å². The van der Waals surface area contributed by atoms with Crippen molar-refractivity contribution in [3.8, 4) is 12.3 Å². The lowest BCUT2D eigenvalue weighted by atomic mass is 10.4. The molecular formula is C10H11BrN2O. The zero-order valence-electron chi connectivity index (χ0n) is 7.88. The van der Waals surface area contributed by atoms with Crippen molar-refractivity contribution in [3.05, 3.63) is 22.4 Å². The van der Waals surface area contributed by atoms with Crippen LogP contribution in [0.4, 0.5) is 0 Å². The summed E-state index contributed by atoms with van der Waals surface area (Å²) in [5, 5.41) is 2.62. The minimum atomic E-state index is -0.143. The molecule has 1 aromatic heterocycles. The van der Waals surface area contributed by atoms with E-state index in [1.165, 1.54) is 0 Å². The Balaban J connectivity index is 2.84. The van der Waals surface area contributed by atoms with E-state index in [0.29, 0.717) is 5.69 Å². The number of hydrogen-bond acceptors (Lipinski definition) is 1. The van der Waals surface area contributed by atoms with Crippen molar-refractivity contribution in [3.63, 3.8) is 0 Å². The van der Waals surface area contributed by atoms with Gasteiger partial charge in [-0.2, -0.15) is 0 Å². The molecule has 0 spiro atoms. The highest BCUT2D eigenvalue weighted by Gasteiger charge is 2.10. The number of rotatable bonds is 3. The number of aromatic nitrogens is 1. The number of hydrogen-bond donors (Lipinski definition) is 1. The van der Waals surface area contributed by atoms with Crippen LogP contribution in [0.2, 0.25) is 0 Å². The highest BCUT2D eigenvalue weighted by atomic mass is 79.9. The van der Waals surface area contributed by atoms with Crippen molar-refractivity contribution < 1.29 is 4.79 Å². The van der Waals surface area contributed by atoms with E-state index in [0.717, 1.165) is 11.0 Å². The fourth-order valence-electron chi connectivity index (χ4n) is 1.15. The van der Waals surface area contributed by atoms with E-state index >= 15 is 0 Å². The molecule has 1 N–H and O–H groups in total. The van der Waals surface area contributed by atoms with E-state index in [1.54, 1.807) is 6.07 Å². The third kappa shape index (κ3) is 2.39. The first-order valence-corrected chi connectivity index (χ1v) is 5.05. The van der Waals surface area contributed by atoms with E-state index in [4.69, 9.17) is 6.42 Å². The minimum Gasteiger partial charge on any atom is -0.343 e. The van der Waals surface area contributed by atoms with Crippen LogP contribution >= 0.6 is 15.9 Å². The van der Waals surface area contributed by atoms with Gasteiger partial charge < -0.3 is 9.88 Å². The van der Waals surface area contributed by atoms with Crippen molar-refractivity contribution in [2.75, 3.05) is 6.54 Å². The quantitative estimate of drug-likeness (QED) is 0.818. The molecular weight excluding hydrogens is 244 g/mol. The Labute approximate surface area is 91.6 Å². The molecule has 1 amide bonds. The van der Waals surface area contributed by atoms with Gasteiger partial charge in [0.1, 0.15) is 5.69 Å². The van der Waals surface area contributed by atoms with Gasteiger partial charge in [-0.05, 0) is 28.9 Å². The molecule has 14 heavy (non-hydrogen) atoms. The summed E-state index contributed by atoms with van der Waals surface area (Å²) in [6, 6.07) is 1.77. The third-order valence-electron chi connectivity index (χ3n) is 1.79. The Morgan fingerprint density at radius 3 is 3.07 bits per heavy atom. The number of nitrogens with one attached hydrogen (secondary N) is 1. The highest BCUT2D eigenvalue weighted by Crippen LogP contribution is 2.14. The highest BCUT2D eigenvalue weighted by molar-refractivity contribution is 9.10. The summed E-state index contributed by atoms with van der Waals surface area (Å²) in [6.07, 6.45) is 6.92. The van der Waals surface area contributed by atoms with E-state index in [-0.39, 0.29) is 12.5 Å². The van der Waals surface area contributed by atoms with Crippen LogP contribution in [-0.4, -0.2) is 17.0 Å². The number of terminal acetylenes is 1. The number of carbonyl (C=O) groups excluding carboxylic acids is 1. The number of nitrogens with zero attached hydrogens (tertiary/aromatic N) is 1. The molecule has 0 radical (unpaired) electrons. The first kappa shape index (κ1) is 10.9. The second-order valence-electron chi connectivity index (χ2n) is 2.72. The fraction of sp³-hybridized carbons (Fsp3) is 0.300. The SMILES string of the molecule is C#CCNC(=O)c1cc(Br)cn1CC. The third-order valence-corrected chi connectivity index (χ3v) is 2.22. The summed E-state index contributed by atoms with van der Waals surface area (Å²) in [4.78, 5) is 11.5. The summed E-state index contributed by atoms with van der Waals surface area (Å²) in [6.45, 7) is 2.99. The number of aryl methyl sites for hydroxylation is 1. The van der Waals surface area contributed by atoms with Gasteiger partial charge in [0.15, 0.2) is 0 Å². The molecule has 0 aliphatic rings. The van der Waals surface area contributed by atoms with Crippen LogP contribution in [0.3, 0.4) is 0 Å². The van der Waals surface area contributed by atoms with E-state index in [9.17, 15) is 4.79 Å². The normalized spacial score (nSPS) is 9.50. The molecule has 74 valence electrons. The molecule has 4 heteroatoms. The maximum atomic E-state index is 11.5. The predicted octanol–water partition coefficient (Wildman–Crippen LogP) is 1.63. The lowest BCUT2D eigenvalue weighted by molar-refractivity contribution is 0.0949. The van der Waals surface area contributed by atoms with Gasteiger partial charge in [-0.1, -0.05) is 5.92 Å². The second-order valence-corrected chi connectivity index (χ2v) is 3.63. The molecule has 1 rings (SSSR count). The Hall–Kier alpha value is -1.21. The largest absolute Gasteiger partial charge is 0.343 e. The van der Waals surface area contributed by atoms with Gasteiger partial charge in [-0.15, -0.1) is 6.42 Å². The van der Waals surface area contributed by atoms with Gasteiger partial charge in [-0.25, -0.2) is 0 Å². The topological polar surface area (TPSA) is 34.0 Å². The monoisotopic (exact) mass is 254 g/mol. The molecule has 1 heterocycles. The van der Waals surface area contributed by atoms with Crippen molar-refractivity contribution in [1.82, 2.24) is 9.88 Å². The number of carbonyl (C=O) groups is 1. The van der Waals surface area contributed by atoms with E-state index in [1.807, 2.05) is 17.7 Å². The second kappa shape index (κ2) is 4.87. The molecule has 0 atom stereocenters. The average molecular weight is 255 g/mol. The molecule has 0 aromatic carbocycles. The minimum absolute atomic E-state index is 0.143. The van der Waals surface area contributed by atoms with Gasteiger partial charge in [-0.3, -0.25) is 4.79 Å². The zero-order valence-corrected chi connectivity index (χ0v) is 9.47. The van der Waals surface area contributed by atoms with Gasteiger partial charge in [0.2, 0.25) is 0 Å². The Morgan fingerprint density at radius 2 is 2.50 bits per heavy atom. The summed E-state index contributed by atoms with van der Waals surface area (Å²) >= 11 is 3.32. The Bertz CT molecular complexity index is 376. The molecule has 1 aromatic rings. The van der Waals surface area contributed by atoms with Crippen LogP contribution in [0.15, 0.2) is 16.7 Å². The first-order valence-electron chi connectivity index (χ1n) is 4.26. The molecule has 0 saturated heterocycles. The smallest absolute Gasteiger partial charge is 0.268 e. The van der Waals surface area contributed by atoms with Crippen LogP contribution in [-0.2, 0) is 6.54 Å². The van der Waals surface area contributed by atoms with E-state index in [2.05, 4.69) is 27.2 Å². The molecule has 0 aliphatic carbocycles. The average Bonchev–Trinajstić information content (AvgIpc) is 2.56. The summed E-state index contributed by atoms with van der Waals surface area (Å²) in [5.41, 5.74) is 0.620. The predicted molar refractivity (Wildman–Crippen MR) is 59.0 cm³/mol. The lowest BCUT2D eigenvalue weighted by Crippen LogP contribution is -2.25. The maximum Gasteiger partial charge on any atom is 0.268 e. The van der Waals surface area contributed by atoms with Gasteiger partial charge in [0.05, 0.1) is 6.54 Å². The summed E-state index contributed by atoms with van der Waals surface area (Å²) in [7, 11) is 0. The lowest BCUT2D eigenvalue weighted by Gasteiger charge is -2.04. The van der Waals surface area contributed by atoms with Crippen molar-refractivity contribution >= 4 is 21.8 Å². The van der Waals surface area contributed by atoms with Crippen LogP contribution < -0.4 is 5.32 Å². The van der Waals surface area contributed by atoms with Gasteiger partial charge in [0.25, 0.3) is 5.91 Å². The van der Waals surface area contributed by atoms with Crippen LogP contribution in [0, 0.1) is 12.3 Å². The molecule has 0 fully saturated rings. The molecule has 0 aliphatic heterocycles. The molecule has 0 saturated carbocycles.